The number of benzene rings is 1. The van der Waals surface area contributed by atoms with E-state index in [1.54, 1.807) is 4.90 Å². The monoisotopic (exact) mass is 370 g/mol. The van der Waals surface area contributed by atoms with Gasteiger partial charge < -0.3 is 10.2 Å². The van der Waals surface area contributed by atoms with Gasteiger partial charge in [-0.15, -0.1) is 0 Å². The maximum Gasteiger partial charge on any atom is 0.416 e. The average molecular weight is 370 g/mol. The third-order valence-corrected chi connectivity index (χ3v) is 4.75. The predicted molar refractivity (Wildman–Crippen MR) is 93.6 cm³/mol. The van der Waals surface area contributed by atoms with E-state index in [1.165, 1.54) is 31.9 Å². The van der Waals surface area contributed by atoms with Crippen LogP contribution in [-0.4, -0.2) is 29.3 Å². The lowest BCUT2D eigenvalue weighted by Crippen LogP contribution is -2.40. The Morgan fingerprint density at radius 1 is 1.08 bits per heavy atom. The quantitative estimate of drug-likeness (QED) is 0.770. The maximum absolute atomic E-state index is 12.5. The summed E-state index contributed by atoms with van der Waals surface area (Å²) in [6.07, 6.45) is 2.17. The first-order chi connectivity index (χ1) is 12.3. The second-order valence-corrected chi connectivity index (χ2v) is 6.73. The number of rotatable bonds is 5. The van der Waals surface area contributed by atoms with Gasteiger partial charge in [-0.05, 0) is 37.1 Å². The van der Waals surface area contributed by atoms with Gasteiger partial charge in [-0.3, -0.25) is 9.59 Å². The molecule has 7 heteroatoms. The van der Waals surface area contributed by atoms with E-state index in [1.807, 2.05) is 0 Å². The van der Waals surface area contributed by atoms with E-state index in [9.17, 15) is 22.8 Å². The minimum absolute atomic E-state index is 0.0424. The molecule has 0 aliphatic heterocycles. The van der Waals surface area contributed by atoms with Gasteiger partial charge >= 0.3 is 6.18 Å². The number of carbonyl (C=O) groups excluding carboxylic acids is 2. The van der Waals surface area contributed by atoms with Crippen molar-refractivity contribution in [3.8, 4) is 0 Å². The molecular weight excluding hydrogens is 345 g/mol. The highest BCUT2D eigenvalue weighted by Gasteiger charge is 2.30. The molecule has 1 aliphatic rings. The second kappa shape index (κ2) is 9.05. The number of nitrogens with one attached hydrogen (secondary N) is 1. The van der Waals surface area contributed by atoms with Crippen molar-refractivity contribution in [3.05, 3.63) is 29.8 Å². The normalized spacial score (nSPS) is 16.0. The molecule has 0 radical (unpaired) electrons. The van der Waals surface area contributed by atoms with Gasteiger partial charge in [0.05, 0.1) is 5.56 Å². The zero-order chi connectivity index (χ0) is 19.2. The van der Waals surface area contributed by atoms with Crippen molar-refractivity contribution in [2.45, 2.75) is 64.1 Å². The highest BCUT2D eigenvalue weighted by atomic mass is 19.4. The number of hydrogen-bond donors (Lipinski definition) is 1. The molecule has 144 valence electrons. The number of nitrogens with zero attached hydrogens (tertiary/aromatic N) is 1. The first-order valence-electron chi connectivity index (χ1n) is 9.01. The Kier molecular flexibility index (Phi) is 7.06. The van der Waals surface area contributed by atoms with Gasteiger partial charge in [0.25, 0.3) is 0 Å². The predicted octanol–water partition coefficient (Wildman–Crippen LogP) is 4.61. The van der Waals surface area contributed by atoms with Crippen molar-refractivity contribution in [3.63, 3.8) is 0 Å². The van der Waals surface area contributed by atoms with Crippen LogP contribution in [0.2, 0.25) is 0 Å². The summed E-state index contributed by atoms with van der Waals surface area (Å²) in [5.41, 5.74) is -0.446. The fraction of sp³-hybridized carbons (Fsp3) is 0.579. The van der Waals surface area contributed by atoms with Gasteiger partial charge in [0.15, 0.2) is 0 Å². The van der Waals surface area contributed by atoms with Crippen molar-refractivity contribution >= 4 is 17.5 Å². The molecule has 0 saturated heterocycles. The molecule has 1 N–H and O–H groups in total. The number of amides is 2. The first-order valence-corrected chi connectivity index (χ1v) is 9.01. The SMILES string of the molecule is CC(=O)N(CCC(=O)Nc1ccc(C(F)(F)F)cc1)C1CCCCCC1. The molecule has 0 heterocycles. The number of hydrogen-bond acceptors (Lipinski definition) is 2. The van der Waals surface area contributed by atoms with Crippen LogP contribution in [0.1, 0.15) is 57.4 Å². The molecule has 4 nitrogen and oxygen atoms in total. The van der Waals surface area contributed by atoms with Gasteiger partial charge in [0.1, 0.15) is 0 Å². The third kappa shape index (κ3) is 6.04. The lowest BCUT2D eigenvalue weighted by Gasteiger charge is -2.30. The molecule has 0 bridgehead atoms. The largest absolute Gasteiger partial charge is 0.416 e. The summed E-state index contributed by atoms with van der Waals surface area (Å²) < 4.78 is 37.6. The van der Waals surface area contributed by atoms with Crippen LogP contribution in [0.5, 0.6) is 0 Å². The third-order valence-electron chi connectivity index (χ3n) is 4.75. The van der Waals surface area contributed by atoms with E-state index in [0.717, 1.165) is 37.8 Å². The summed E-state index contributed by atoms with van der Waals surface area (Å²) in [6, 6.07) is 4.50. The van der Waals surface area contributed by atoms with E-state index in [2.05, 4.69) is 5.32 Å². The molecular formula is C19H25F3N2O2. The Balaban J connectivity index is 1.88. The fourth-order valence-electron chi connectivity index (χ4n) is 3.35. The molecule has 1 fully saturated rings. The minimum atomic E-state index is -4.40. The van der Waals surface area contributed by atoms with Crippen LogP contribution in [0.3, 0.4) is 0 Å². The molecule has 2 amide bonds. The highest BCUT2D eigenvalue weighted by molar-refractivity contribution is 5.91. The van der Waals surface area contributed by atoms with Crippen LogP contribution < -0.4 is 5.32 Å². The van der Waals surface area contributed by atoms with Crippen LogP contribution in [-0.2, 0) is 15.8 Å². The summed E-state index contributed by atoms with van der Waals surface area (Å²) in [4.78, 5) is 25.8. The molecule has 1 aliphatic carbocycles. The zero-order valence-corrected chi connectivity index (χ0v) is 14.9. The van der Waals surface area contributed by atoms with E-state index in [0.29, 0.717) is 12.2 Å². The van der Waals surface area contributed by atoms with Crippen LogP contribution in [0.25, 0.3) is 0 Å². The van der Waals surface area contributed by atoms with Crippen LogP contribution in [0, 0.1) is 0 Å². The topological polar surface area (TPSA) is 49.4 Å². The summed E-state index contributed by atoms with van der Waals surface area (Å²) in [5, 5.41) is 2.59. The molecule has 0 aromatic heterocycles. The van der Waals surface area contributed by atoms with Crippen molar-refractivity contribution in [1.82, 2.24) is 4.90 Å². The van der Waals surface area contributed by atoms with E-state index >= 15 is 0 Å². The minimum Gasteiger partial charge on any atom is -0.339 e. The Bertz CT molecular complexity index is 606. The number of halogens is 3. The molecule has 0 atom stereocenters. The first kappa shape index (κ1) is 20.3. The highest BCUT2D eigenvalue weighted by Crippen LogP contribution is 2.29. The zero-order valence-electron chi connectivity index (χ0n) is 14.9. The summed E-state index contributed by atoms with van der Waals surface area (Å²) >= 11 is 0. The van der Waals surface area contributed by atoms with Gasteiger partial charge in [-0.25, -0.2) is 0 Å². The molecule has 26 heavy (non-hydrogen) atoms. The standard InChI is InChI=1S/C19H25F3N2O2/c1-14(25)24(17-6-4-2-3-5-7-17)13-12-18(26)23-16-10-8-15(9-11-16)19(20,21)22/h8-11,17H,2-7,12-13H2,1H3,(H,23,26). The van der Waals surface area contributed by atoms with E-state index < -0.39 is 11.7 Å². The van der Waals surface area contributed by atoms with Gasteiger partial charge in [0, 0.05) is 31.6 Å². The van der Waals surface area contributed by atoms with Gasteiger partial charge in [0.2, 0.25) is 11.8 Å². The van der Waals surface area contributed by atoms with Crippen LogP contribution >= 0.6 is 0 Å². The van der Waals surface area contributed by atoms with Crippen LogP contribution in [0.15, 0.2) is 24.3 Å². The Labute approximate surface area is 151 Å². The van der Waals surface area contributed by atoms with E-state index in [4.69, 9.17) is 0 Å². The Hall–Kier alpha value is -2.05. The van der Waals surface area contributed by atoms with Crippen LogP contribution in [0.4, 0.5) is 18.9 Å². The lowest BCUT2D eigenvalue weighted by atomic mass is 10.1. The Morgan fingerprint density at radius 3 is 2.15 bits per heavy atom. The fourth-order valence-corrected chi connectivity index (χ4v) is 3.35. The molecule has 1 saturated carbocycles. The summed E-state index contributed by atoms with van der Waals surface area (Å²) in [6.45, 7) is 1.84. The average Bonchev–Trinajstić information content (AvgIpc) is 2.83. The summed E-state index contributed by atoms with van der Waals surface area (Å²) in [5.74, 6) is -0.358. The van der Waals surface area contributed by atoms with Gasteiger partial charge in [-0.2, -0.15) is 13.2 Å². The van der Waals surface area contributed by atoms with Crippen molar-refractivity contribution in [2.75, 3.05) is 11.9 Å². The molecule has 0 unspecified atom stereocenters. The molecule has 1 aromatic carbocycles. The maximum atomic E-state index is 12.5. The van der Waals surface area contributed by atoms with Crippen molar-refractivity contribution in [2.24, 2.45) is 0 Å². The van der Waals surface area contributed by atoms with Crippen molar-refractivity contribution < 1.29 is 22.8 Å². The smallest absolute Gasteiger partial charge is 0.339 e. The lowest BCUT2D eigenvalue weighted by molar-refractivity contribution is -0.137. The number of anilines is 1. The second-order valence-electron chi connectivity index (χ2n) is 6.73. The molecule has 1 aromatic rings. The van der Waals surface area contributed by atoms with Crippen molar-refractivity contribution in [1.29, 1.82) is 0 Å². The molecule has 0 spiro atoms. The molecule has 2 rings (SSSR count). The summed E-state index contributed by atoms with van der Waals surface area (Å²) in [7, 11) is 0. The number of carbonyl (C=O) groups is 2. The van der Waals surface area contributed by atoms with Gasteiger partial charge in [-0.1, -0.05) is 25.7 Å². The van der Waals surface area contributed by atoms with E-state index in [-0.39, 0.29) is 24.3 Å². The number of alkyl halides is 3. The Morgan fingerprint density at radius 2 is 1.65 bits per heavy atom.